The summed E-state index contributed by atoms with van der Waals surface area (Å²) in [7, 11) is -4.34. The highest BCUT2D eigenvalue weighted by Gasteiger charge is 2.49. The van der Waals surface area contributed by atoms with Crippen molar-refractivity contribution < 1.29 is 39.6 Å². The monoisotopic (exact) mass is 503 g/mol. The molecule has 0 saturated carbocycles. The molecule has 1 atom stereocenters. The minimum absolute atomic E-state index is 0. The number of halogens is 6. The minimum atomic E-state index is -4.75. The topological polar surface area (TPSA) is 80.2 Å². The van der Waals surface area contributed by atoms with Crippen LogP contribution < -0.4 is 4.90 Å². The lowest BCUT2D eigenvalue weighted by Gasteiger charge is -2.31. The summed E-state index contributed by atoms with van der Waals surface area (Å²) in [5.41, 5.74) is -1.14. The summed E-state index contributed by atoms with van der Waals surface area (Å²) in [6, 6.07) is 3.26. The van der Waals surface area contributed by atoms with E-state index in [0.717, 1.165) is 23.1 Å². The highest BCUT2D eigenvalue weighted by atomic mass is 32.2. The Bertz CT molecular complexity index is 1110. The van der Waals surface area contributed by atoms with Gasteiger partial charge in [0.25, 0.3) is 0 Å². The number of nitrogens with zero attached hydrogens (tertiary/aromatic N) is 3. The van der Waals surface area contributed by atoms with Gasteiger partial charge in [-0.25, -0.2) is 8.42 Å². The van der Waals surface area contributed by atoms with Gasteiger partial charge in [0, 0.05) is 18.9 Å². The molecule has 1 fully saturated rings. The molecule has 0 bridgehead atoms. The summed E-state index contributed by atoms with van der Waals surface area (Å²) >= 11 is 0.145. The molecule has 1 aliphatic heterocycles. The predicted molar refractivity (Wildman–Crippen MR) is 105 cm³/mol. The van der Waals surface area contributed by atoms with Gasteiger partial charge >= 0.3 is 12.4 Å². The molecule has 32 heavy (non-hydrogen) atoms. The fraction of sp³-hybridized carbons (Fsp3) is 0.500. The number of aromatic nitrogens is 2. The first-order valence-electron chi connectivity index (χ1n) is 8.68. The smallest absolute Gasteiger partial charge is 0.286 e. The quantitative estimate of drug-likeness (QED) is 0.559. The van der Waals surface area contributed by atoms with Crippen molar-refractivity contribution in [1.82, 2.24) is 10.2 Å². The first kappa shape index (κ1) is 26.0. The Morgan fingerprint density at radius 2 is 1.69 bits per heavy atom. The molecular weight excluding hydrogens is 484 g/mol. The second-order valence-corrected chi connectivity index (χ2v) is 10.9. The Morgan fingerprint density at radius 1 is 1.06 bits per heavy atom. The summed E-state index contributed by atoms with van der Waals surface area (Å²) in [6.07, 6.45) is -9.82. The largest absolute Gasteiger partial charge is 0.445 e. The minimum Gasteiger partial charge on any atom is -0.286 e. The number of hydrogen-bond acceptors (Lipinski definition) is 6. The molecule has 2 heterocycles. The number of sulfone groups is 1. The molecule has 0 N–H and O–H groups in total. The van der Waals surface area contributed by atoms with Gasteiger partial charge in [-0.05, 0) is 32.0 Å². The van der Waals surface area contributed by atoms with Crippen LogP contribution in [0.25, 0.3) is 0 Å². The predicted octanol–water partition coefficient (Wildman–Crippen LogP) is 4.82. The van der Waals surface area contributed by atoms with Crippen molar-refractivity contribution in [3.63, 3.8) is 0 Å². The number of carbonyl (C=O) groups excluding carboxylic acids is 1. The standard InChI is InChI=1S/C17H15F6N3O3S2.CH4/c1-15(2,31(28,29)11-5-3-4-9(6-11)16(18,19)20)10-7-12(27)26(8-10)14-25-24-13(30-14)17(21,22)23;/h3-6,10H,7-8H2,1-2H3;1H4. The van der Waals surface area contributed by atoms with Gasteiger partial charge in [0.05, 0.1) is 15.2 Å². The van der Waals surface area contributed by atoms with Crippen LogP contribution in [0.3, 0.4) is 0 Å². The van der Waals surface area contributed by atoms with E-state index in [-0.39, 0.29) is 36.9 Å². The molecule has 178 valence electrons. The summed E-state index contributed by atoms with van der Waals surface area (Å²) in [4.78, 5) is 12.7. The van der Waals surface area contributed by atoms with Crippen LogP contribution in [0.4, 0.5) is 31.5 Å². The number of carbonyl (C=O) groups is 1. The van der Waals surface area contributed by atoms with Crippen LogP contribution in [0.5, 0.6) is 0 Å². The SMILES string of the molecule is C.CC(C)(C1CC(=O)N(c2nnc(C(F)(F)F)s2)C1)S(=O)(=O)c1cccc(C(F)(F)F)c1. The van der Waals surface area contributed by atoms with Crippen LogP contribution >= 0.6 is 11.3 Å². The van der Waals surface area contributed by atoms with Crippen molar-refractivity contribution >= 4 is 32.2 Å². The zero-order chi connectivity index (χ0) is 23.4. The molecule has 6 nitrogen and oxygen atoms in total. The molecule has 1 aliphatic rings. The van der Waals surface area contributed by atoms with E-state index >= 15 is 0 Å². The molecule has 2 aromatic rings. The van der Waals surface area contributed by atoms with Crippen molar-refractivity contribution in [2.45, 2.75) is 49.7 Å². The molecule has 0 radical (unpaired) electrons. The Hall–Kier alpha value is -2.22. The zero-order valence-corrected chi connectivity index (χ0v) is 17.6. The van der Waals surface area contributed by atoms with Crippen molar-refractivity contribution in [2.75, 3.05) is 11.4 Å². The van der Waals surface area contributed by atoms with Gasteiger partial charge < -0.3 is 0 Å². The van der Waals surface area contributed by atoms with Gasteiger partial charge in [-0.2, -0.15) is 26.3 Å². The summed E-state index contributed by atoms with van der Waals surface area (Å²) in [5.74, 6) is -1.56. The maximum Gasteiger partial charge on any atom is 0.445 e. The van der Waals surface area contributed by atoms with Crippen LogP contribution in [0.2, 0.25) is 0 Å². The van der Waals surface area contributed by atoms with Gasteiger partial charge in [0.15, 0.2) is 9.84 Å². The van der Waals surface area contributed by atoms with Gasteiger partial charge in [-0.3, -0.25) is 9.69 Å². The Morgan fingerprint density at radius 3 is 2.22 bits per heavy atom. The first-order chi connectivity index (χ1) is 14.0. The summed E-state index contributed by atoms with van der Waals surface area (Å²) in [5, 5.41) is 4.80. The van der Waals surface area contributed by atoms with E-state index in [1.807, 2.05) is 0 Å². The average molecular weight is 503 g/mol. The average Bonchev–Trinajstić information content (AvgIpc) is 3.27. The van der Waals surface area contributed by atoms with Gasteiger partial charge in [-0.15, -0.1) is 10.2 Å². The number of benzene rings is 1. The van der Waals surface area contributed by atoms with Gasteiger partial charge in [-0.1, -0.05) is 24.8 Å². The molecule has 0 spiro atoms. The molecule has 14 heteroatoms. The van der Waals surface area contributed by atoms with Crippen molar-refractivity contribution in [3.05, 3.63) is 34.8 Å². The fourth-order valence-electron chi connectivity index (χ4n) is 3.16. The van der Waals surface area contributed by atoms with Crippen molar-refractivity contribution in [1.29, 1.82) is 0 Å². The van der Waals surface area contributed by atoms with E-state index in [2.05, 4.69) is 10.2 Å². The molecule has 1 aromatic carbocycles. The number of anilines is 1. The first-order valence-corrected chi connectivity index (χ1v) is 11.0. The third-order valence-electron chi connectivity index (χ3n) is 5.16. The highest BCUT2D eigenvalue weighted by Crippen LogP contribution is 2.42. The Labute approximate surface area is 184 Å². The third kappa shape index (κ3) is 4.60. The van der Waals surface area contributed by atoms with E-state index in [9.17, 15) is 39.6 Å². The molecule has 3 rings (SSSR count). The summed E-state index contributed by atoms with van der Waals surface area (Å²) in [6.45, 7) is 2.27. The number of rotatable bonds is 4. The zero-order valence-electron chi connectivity index (χ0n) is 16.0. The van der Waals surface area contributed by atoms with E-state index in [1.165, 1.54) is 13.8 Å². The Kier molecular flexibility index (Phi) is 6.74. The van der Waals surface area contributed by atoms with E-state index in [0.29, 0.717) is 6.07 Å². The van der Waals surface area contributed by atoms with E-state index in [4.69, 9.17) is 0 Å². The number of hydrogen-bond donors (Lipinski definition) is 0. The van der Waals surface area contributed by atoms with Crippen LogP contribution in [0.15, 0.2) is 29.2 Å². The molecule has 1 amide bonds. The highest BCUT2D eigenvalue weighted by molar-refractivity contribution is 7.92. The lowest BCUT2D eigenvalue weighted by atomic mass is 9.94. The lowest BCUT2D eigenvalue weighted by molar-refractivity contribution is -0.138. The molecule has 1 unspecified atom stereocenters. The molecular formula is C18H19F6N3O3S2. The summed E-state index contributed by atoms with van der Waals surface area (Å²) < 4.78 is 102. The fourth-order valence-corrected chi connectivity index (χ4v) is 5.64. The Balaban J connectivity index is 0.00000363. The number of amides is 1. The van der Waals surface area contributed by atoms with E-state index < -0.39 is 54.2 Å². The van der Waals surface area contributed by atoms with Gasteiger partial charge in [0.1, 0.15) is 0 Å². The maximum atomic E-state index is 13.1. The molecule has 1 saturated heterocycles. The molecule has 1 aromatic heterocycles. The maximum absolute atomic E-state index is 13.1. The van der Waals surface area contributed by atoms with Crippen molar-refractivity contribution in [3.8, 4) is 0 Å². The van der Waals surface area contributed by atoms with Gasteiger partial charge in [0.2, 0.25) is 16.0 Å². The molecule has 0 aliphatic carbocycles. The third-order valence-corrected chi connectivity index (χ3v) is 8.74. The lowest BCUT2D eigenvalue weighted by Crippen LogP contribution is -2.41. The van der Waals surface area contributed by atoms with Crippen LogP contribution in [0, 0.1) is 5.92 Å². The van der Waals surface area contributed by atoms with Crippen LogP contribution in [-0.4, -0.2) is 35.8 Å². The van der Waals surface area contributed by atoms with Crippen LogP contribution in [0.1, 0.15) is 38.3 Å². The normalized spacial score (nSPS) is 18.1. The van der Waals surface area contributed by atoms with Crippen molar-refractivity contribution in [2.24, 2.45) is 5.92 Å². The van der Waals surface area contributed by atoms with E-state index in [1.54, 1.807) is 0 Å². The number of alkyl halides is 6. The van der Waals surface area contributed by atoms with Crippen LogP contribution in [-0.2, 0) is 27.0 Å². The second-order valence-electron chi connectivity index (χ2n) is 7.43. The second kappa shape index (κ2) is 8.28.